The summed E-state index contributed by atoms with van der Waals surface area (Å²) in [6.07, 6.45) is 0.730. The van der Waals surface area contributed by atoms with E-state index in [1.807, 2.05) is 0 Å². The maximum atomic E-state index is 12.1. The van der Waals surface area contributed by atoms with E-state index >= 15 is 0 Å². The third kappa shape index (κ3) is 2.72. The third-order valence-corrected chi connectivity index (χ3v) is 2.58. The van der Waals surface area contributed by atoms with Crippen LogP contribution in [0.25, 0.3) is 0 Å². The van der Waals surface area contributed by atoms with Gasteiger partial charge in [-0.3, -0.25) is 9.59 Å². The molecule has 96 valence electrons. The van der Waals surface area contributed by atoms with Crippen molar-refractivity contribution in [1.29, 1.82) is 0 Å². The van der Waals surface area contributed by atoms with Gasteiger partial charge in [0, 0.05) is 13.1 Å². The van der Waals surface area contributed by atoms with Crippen LogP contribution in [0.4, 0.5) is 5.82 Å². The summed E-state index contributed by atoms with van der Waals surface area (Å²) in [6.45, 7) is 1.16. The first kappa shape index (κ1) is 12.2. The number of nitrogens with zero attached hydrogens (tertiary/aromatic N) is 3. The monoisotopic (exact) mass is 250 g/mol. The van der Waals surface area contributed by atoms with E-state index in [9.17, 15) is 9.59 Å². The number of aromatic nitrogens is 2. The minimum atomic E-state index is -0.303. The molecule has 2 amide bonds. The summed E-state index contributed by atoms with van der Waals surface area (Å²) < 4.78 is 0. The third-order valence-electron chi connectivity index (χ3n) is 2.58. The zero-order valence-corrected chi connectivity index (χ0v) is 9.72. The first-order valence-corrected chi connectivity index (χ1v) is 5.57. The lowest BCUT2D eigenvalue weighted by Crippen LogP contribution is -2.37. The smallest absolute Gasteiger partial charge is 0.274 e. The molecule has 8 nitrogen and oxygen atoms in total. The maximum Gasteiger partial charge on any atom is 0.274 e. The highest BCUT2D eigenvalue weighted by Crippen LogP contribution is 2.06. The van der Waals surface area contributed by atoms with E-state index in [1.165, 1.54) is 11.0 Å². The molecule has 0 atom stereocenters. The van der Waals surface area contributed by atoms with Crippen LogP contribution in [-0.4, -0.2) is 46.5 Å². The van der Waals surface area contributed by atoms with E-state index in [-0.39, 0.29) is 24.1 Å². The Labute approximate surface area is 104 Å². The van der Waals surface area contributed by atoms with Crippen molar-refractivity contribution in [3.63, 3.8) is 0 Å². The summed E-state index contributed by atoms with van der Waals surface area (Å²) in [4.78, 5) is 24.9. The van der Waals surface area contributed by atoms with Gasteiger partial charge in [-0.05, 0) is 18.6 Å². The minimum Gasteiger partial charge on any atom is -0.354 e. The Bertz CT molecular complexity index is 446. The van der Waals surface area contributed by atoms with Crippen molar-refractivity contribution in [2.24, 2.45) is 5.84 Å². The second-order valence-electron chi connectivity index (χ2n) is 3.88. The minimum absolute atomic E-state index is 0.0530. The predicted molar refractivity (Wildman–Crippen MR) is 63.4 cm³/mol. The zero-order valence-electron chi connectivity index (χ0n) is 9.72. The van der Waals surface area contributed by atoms with Crippen LogP contribution in [0.1, 0.15) is 16.9 Å². The molecule has 8 heteroatoms. The number of hydrogen-bond donors (Lipinski definition) is 3. The van der Waals surface area contributed by atoms with Crippen LogP contribution >= 0.6 is 0 Å². The molecule has 0 unspecified atom stereocenters. The summed E-state index contributed by atoms with van der Waals surface area (Å²) in [5.41, 5.74) is 2.52. The molecule has 0 saturated carbocycles. The maximum absolute atomic E-state index is 12.1. The van der Waals surface area contributed by atoms with Gasteiger partial charge < -0.3 is 15.6 Å². The molecular formula is C10H14N6O2. The average Bonchev–Trinajstić information content (AvgIpc) is 2.63. The SMILES string of the molecule is NNc1ccc(C(=O)N2CCCNC(=O)C2)nn1. The highest BCUT2D eigenvalue weighted by atomic mass is 16.2. The number of carbonyl (C=O) groups excluding carboxylic acids is 2. The van der Waals surface area contributed by atoms with Crippen LogP contribution in [0.2, 0.25) is 0 Å². The van der Waals surface area contributed by atoms with E-state index in [4.69, 9.17) is 5.84 Å². The average molecular weight is 250 g/mol. The van der Waals surface area contributed by atoms with Crippen LogP contribution in [0.3, 0.4) is 0 Å². The van der Waals surface area contributed by atoms with Gasteiger partial charge in [0.1, 0.15) is 0 Å². The second kappa shape index (κ2) is 5.41. The Balaban J connectivity index is 2.11. The lowest BCUT2D eigenvalue weighted by molar-refractivity contribution is -0.121. The first-order valence-electron chi connectivity index (χ1n) is 5.57. The fourth-order valence-corrected chi connectivity index (χ4v) is 1.66. The molecule has 0 bridgehead atoms. The van der Waals surface area contributed by atoms with Crippen LogP contribution in [0.15, 0.2) is 12.1 Å². The van der Waals surface area contributed by atoms with Gasteiger partial charge in [-0.25, -0.2) is 5.84 Å². The topological polar surface area (TPSA) is 113 Å². The number of carbonyl (C=O) groups is 2. The van der Waals surface area contributed by atoms with Gasteiger partial charge in [0.25, 0.3) is 5.91 Å². The zero-order chi connectivity index (χ0) is 13.0. The Hall–Kier alpha value is -2.22. The normalized spacial score (nSPS) is 15.8. The van der Waals surface area contributed by atoms with Crippen LogP contribution in [0, 0.1) is 0 Å². The van der Waals surface area contributed by atoms with Crippen molar-refractivity contribution in [3.05, 3.63) is 17.8 Å². The molecular weight excluding hydrogens is 236 g/mol. The highest BCUT2D eigenvalue weighted by molar-refractivity contribution is 5.95. The highest BCUT2D eigenvalue weighted by Gasteiger charge is 2.22. The number of hydrazine groups is 1. The molecule has 0 spiro atoms. The number of hydrogen-bond acceptors (Lipinski definition) is 6. The lowest BCUT2D eigenvalue weighted by Gasteiger charge is -2.17. The summed E-state index contributed by atoms with van der Waals surface area (Å²) in [7, 11) is 0. The quantitative estimate of drug-likeness (QED) is 0.445. The molecule has 1 aliphatic rings. The van der Waals surface area contributed by atoms with E-state index in [0.717, 1.165) is 6.42 Å². The van der Waals surface area contributed by atoms with Crippen molar-refractivity contribution in [2.45, 2.75) is 6.42 Å². The van der Waals surface area contributed by atoms with E-state index < -0.39 is 0 Å². The molecule has 0 aromatic carbocycles. The molecule has 1 aromatic rings. The van der Waals surface area contributed by atoms with Crippen LogP contribution < -0.4 is 16.6 Å². The van der Waals surface area contributed by atoms with Crippen LogP contribution in [-0.2, 0) is 4.79 Å². The standard InChI is InChI=1S/C10H14N6O2/c11-13-8-3-2-7(14-15-8)10(18)16-5-1-4-12-9(17)6-16/h2-3H,1,4-6,11H2,(H,12,17)(H,13,15). The van der Waals surface area contributed by atoms with Gasteiger partial charge >= 0.3 is 0 Å². The molecule has 1 saturated heterocycles. The second-order valence-corrected chi connectivity index (χ2v) is 3.88. The molecule has 4 N–H and O–H groups in total. The van der Waals surface area contributed by atoms with E-state index in [2.05, 4.69) is 20.9 Å². The fourth-order valence-electron chi connectivity index (χ4n) is 1.66. The van der Waals surface area contributed by atoms with Crippen molar-refractivity contribution in [1.82, 2.24) is 20.4 Å². The van der Waals surface area contributed by atoms with Gasteiger partial charge in [-0.2, -0.15) is 0 Å². The molecule has 2 heterocycles. The van der Waals surface area contributed by atoms with Crippen molar-refractivity contribution in [3.8, 4) is 0 Å². The first-order chi connectivity index (χ1) is 8.70. The Morgan fingerprint density at radius 1 is 1.44 bits per heavy atom. The van der Waals surface area contributed by atoms with Gasteiger partial charge in [0.2, 0.25) is 5.91 Å². The number of amides is 2. The van der Waals surface area contributed by atoms with Gasteiger partial charge in [0.05, 0.1) is 6.54 Å². The summed E-state index contributed by atoms with van der Waals surface area (Å²) in [5, 5.41) is 10.2. The molecule has 1 aromatic heterocycles. The number of nitrogen functional groups attached to an aromatic ring is 1. The molecule has 1 aliphatic heterocycles. The van der Waals surface area contributed by atoms with Gasteiger partial charge in [-0.15, -0.1) is 10.2 Å². The molecule has 2 rings (SSSR count). The van der Waals surface area contributed by atoms with Gasteiger partial charge in [0.15, 0.2) is 11.5 Å². The number of anilines is 1. The fraction of sp³-hybridized carbons (Fsp3) is 0.400. The summed E-state index contributed by atoms with van der Waals surface area (Å²) >= 11 is 0. The number of nitrogens with one attached hydrogen (secondary N) is 2. The number of nitrogens with two attached hydrogens (primary N) is 1. The number of rotatable bonds is 2. The summed E-state index contributed by atoms with van der Waals surface area (Å²) in [5.74, 6) is 5.07. The predicted octanol–water partition coefficient (Wildman–Crippen LogP) is -1.28. The Kier molecular flexibility index (Phi) is 3.68. The van der Waals surface area contributed by atoms with E-state index in [0.29, 0.717) is 18.9 Å². The Morgan fingerprint density at radius 2 is 2.28 bits per heavy atom. The van der Waals surface area contributed by atoms with Gasteiger partial charge in [-0.1, -0.05) is 0 Å². The molecule has 18 heavy (non-hydrogen) atoms. The molecule has 1 fully saturated rings. The Morgan fingerprint density at radius 3 is 2.94 bits per heavy atom. The molecule has 0 aliphatic carbocycles. The summed E-state index contributed by atoms with van der Waals surface area (Å²) in [6, 6.07) is 3.07. The molecule has 0 radical (unpaired) electrons. The van der Waals surface area contributed by atoms with Crippen molar-refractivity contribution < 1.29 is 9.59 Å². The largest absolute Gasteiger partial charge is 0.354 e. The van der Waals surface area contributed by atoms with Crippen molar-refractivity contribution in [2.75, 3.05) is 25.1 Å². The lowest BCUT2D eigenvalue weighted by atomic mass is 10.3. The van der Waals surface area contributed by atoms with E-state index in [1.54, 1.807) is 6.07 Å². The van der Waals surface area contributed by atoms with Crippen LogP contribution in [0.5, 0.6) is 0 Å². The van der Waals surface area contributed by atoms with Crippen molar-refractivity contribution >= 4 is 17.6 Å².